The zero-order valence-electron chi connectivity index (χ0n) is 13.0. The Morgan fingerprint density at radius 1 is 1.10 bits per heavy atom. The van der Waals surface area contributed by atoms with Gasteiger partial charge in [-0.3, -0.25) is 0 Å². The molecule has 0 fully saturated rings. The van der Waals surface area contributed by atoms with Crippen LogP contribution < -0.4 is 5.32 Å². The molecule has 112 valence electrons. The number of anilines is 1. The van der Waals surface area contributed by atoms with Gasteiger partial charge < -0.3 is 9.88 Å². The Hall–Kier alpha value is -1.84. The van der Waals surface area contributed by atoms with Crippen molar-refractivity contribution in [3.63, 3.8) is 0 Å². The third-order valence-corrected chi connectivity index (χ3v) is 4.36. The first-order chi connectivity index (χ1) is 10.3. The van der Waals surface area contributed by atoms with Gasteiger partial charge in [-0.1, -0.05) is 32.0 Å². The molecule has 0 aliphatic carbocycles. The molecule has 1 aromatic carbocycles. The third kappa shape index (κ3) is 2.80. The largest absolute Gasteiger partial charge is 0.377 e. The predicted octanol–water partition coefficient (Wildman–Crippen LogP) is 3.35. The Morgan fingerprint density at radius 3 is 2.57 bits per heavy atom. The Kier molecular flexibility index (Phi) is 4.23. The number of hydrogen-bond donors (Lipinski definition) is 1. The first-order valence-electron chi connectivity index (χ1n) is 8.09. The maximum absolute atomic E-state index is 4.37. The van der Waals surface area contributed by atoms with Gasteiger partial charge in [0.25, 0.3) is 0 Å². The summed E-state index contributed by atoms with van der Waals surface area (Å²) in [5.41, 5.74) is 4.05. The molecule has 21 heavy (non-hydrogen) atoms. The molecular weight excluding hydrogens is 260 g/mol. The number of aromatic nitrogens is 3. The van der Waals surface area contributed by atoms with Gasteiger partial charge in [-0.2, -0.15) is 0 Å². The van der Waals surface area contributed by atoms with Crippen molar-refractivity contribution < 1.29 is 0 Å². The molecule has 0 atom stereocenters. The van der Waals surface area contributed by atoms with Crippen molar-refractivity contribution in [1.29, 1.82) is 0 Å². The summed E-state index contributed by atoms with van der Waals surface area (Å²) >= 11 is 0. The molecule has 2 heterocycles. The monoisotopic (exact) mass is 284 g/mol. The Morgan fingerprint density at radius 2 is 1.86 bits per heavy atom. The molecule has 1 aromatic heterocycles. The van der Waals surface area contributed by atoms with E-state index in [0.717, 1.165) is 44.0 Å². The Bertz CT molecular complexity index is 593. The lowest BCUT2D eigenvalue weighted by molar-refractivity contribution is 0.509. The van der Waals surface area contributed by atoms with Gasteiger partial charge in [0.1, 0.15) is 5.82 Å². The molecular formula is C17H24N4. The second kappa shape index (κ2) is 6.29. The Labute approximate surface area is 126 Å². The maximum Gasteiger partial charge on any atom is 0.152 e. The number of rotatable bonds is 5. The van der Waals surface area contributed by atoms with Gasteiger partial charge in [-0.25, -0.2) is 0 Å². The number of benzene rings is 1. The standard InChI is InChI=1S/C17H24N4/c1-3-13-8-7-9-14(4-2)17(13)18-12-16-20-19-15-10-5-6-11-21(15)16/h7-9,18H,3-6,10-12H2,1-2H3. The van der Waals surface area contributed by atoms with Crippen LogP contribution in [0.5, 0.6) is 0 Å². The van der Waals surface area contributed by atoms with E-state index in [4.69, 9.17) is 0 Å². The highest BCUT2D eigenvalue weighted by Crippen LogP contribution is 2.23. The van der Waals surface area contributed by atoms with Crippen molar-refractivity contribution in [3.05, 3.63) is 41.0 Å². The van der Waals surface area contributed by atoms with Crippen LogP contribution in [0.15, 0.2) is 18.2 Å². The molecule has 0 radical (unpaired) electrons. The average molecular weight is 284 g/mol. The highest BCUT2D eigenvalue weighted by atomic mass is 15.3. The fourth-order valence-electron chi connectivity index (χ4n) is 3.14. The molecule has 2 aromatic rings. The highest BCUT2D eigenvalue weighted by molar-refractivity contribution is 5.57. The lowest BCUT2D eigenvalue weighted by atomic mass is 10.0. The molecule has 0 spiro atoms. The minimum atomic E-state index is 0.761. The van der Waals surface area contributed by atoms with Gasteiger partial charge in [0, 0.05) is 18.7 Å². The van der Waals surface area contributed by atoms with E-state index in [1.165, 1.54) is 29.7 Å². The lowest BCUT2D eigenvalue weighted by Gasteiger charge is -2.17. The van der Waals surface area contributed by atoms with Crippen LogP contribution in [0.3, 0.4) is 0 Å². The van der Waals surface area contributed by atoms with Crippen LogP contribution in [0.1, 0.15) is 49.5 Å². The van der Waals surface area contributed by atoms with Crippen molar-refractivity contribution in [2.75, 3.05) is 5.32 Å². The molecule has 4 heteroatoms. The highest BCUT2D eigenvalue weighted by Gasteiger charge is 2.16. The molecule has 0 bridgehead atoms. The van der Waals surface area contributed by atoms with Crippen LogP contribution in [0, 0.1) is 0 Å². The van der Waals surface area contributed by atoms with Crippen LogP contribution in [-0.4, -0.2) is 14.8 Å². The zero-order chi connectivity index (χ0) is 14.7. The van der Waals surface area contributed by atoms with Crippen LogP contribution in [-0.2, 0) is 32.4 Å². The lowest BCUT2D eigenvalue weighted by Crippen LogP contribution is -2.16. The van der Waals surface area contributed by atoms with Crippen molar-refractivity contribution in [2.45, 2.75) is 59.0 Å². The number of nitrogens with one attached hydrogen (secondary N) is 1. The summed E-state index contributed by atoms with van der Waals surface area (Å²) in [6.07, 6.45) is 5.65. The van der Waals surface area contributed by atoms with Gasteiger partial charge in [-0.05, 0) is 36.8 Å². The first kappa shape index (κ1) is 14.1. The van der Waals surface area contributed by atoms with E-state index in [-0.39, 0.29) is 0 Å². The molecule has 0 amide bonds. The summed E-state index contributed by atoms with van der Waals surface area (Å²) in [6, 6.07) is 6.57. The van der Waals surface area contributed by atoms with Gasteiger partial charge in [0.05, 0.1) is 6.54 Å². The zero-order valence-corrected chi connectivity index (χ0v) is 13.0. The smallest absolute Gasteiger partial charge is 0.152 e. The van der Waals surface area contributed by atoms with E-state index in [2.05, 4.69) is 52.1 Å². The van der Waals surface area contributed by atoms with E-state index < -0.39 is 0 Å². The number of fused-ring (bicyclic) bond motifs is 1. The molecule has 3 rings (SSSR count). The molecule has 0 saturated carbocycles. The number of nitrogens with zero attached hydrogens (tertiary/aromatic N) is 3. The van der Waals surface area contributed by atoms with E-state index in [9.17, 15) is 0 Å². The van der Waals surface area contributed by atoms with Crippen molar-refractivity contribution in [3.8, 4) is 0 Å². The Balaban J connectivity index is 1.80. The topological polar surface area (TPSA) is 42.7 Å². The molecule has 0 unspecified atom stereocenters. The predicted molar refractivity (Wildman–Crippen MR) is 85.5 cm³/mol. The molecule has 0 saturated heterocycles. The van der Waals surface area contributed by atoms with E-state index >= 15 is 0 Å². The molecule has 1 N–H and O–H groups in total. The number of hydrogen-bond acceptors (Lipinski definition) is 3. The van der Waals surface area contributed by atoms with Crippen molar-refractivity contribution >= 4 is 5.69 Å². The first-order valence-corrected chi connectivity index (χ1v) is 8.09. The minimum Gasteiger partial charge on any atom is -0.377 e. The average Bonchev–Trinajstić information content (AvgIpc) is 2.95. The second-order valence-corrected chi connectivity index (χ2v) is 5.65. The van der Waals surface area contributed by atoms with Crippen LogP contribution in [0.2, 0.25) is 0 Å². The fourth-order valence-corrected chi connectivity index (χ4v) is 3.14. The van der Waals surface area contributed by atoms with E-state index in [1.54, 1.807) is 0 Å². The normalized spacial score (nSPS) is 14.0. The van der Waals surface area contributed by atoms with E-state index in [1.807, 2.05) is 0 Å². The summed E-state index contributed by atoms with van der Waals surface area (Å²) in [5.74, 6) is 2.22. The maximum atomic E-state index is 4.37. The van der Waals surface area contributed by atoms with E-state index in [0.29, 0.717) is 0 Å². The van der Waals surface area contributed by atoms with Gasteiger partial charge in [0.2, 0.25) is 0 Å². The van der Waals surface area contributed by atoms with Gasteiger partial charge >= 0.3 is 0 Å². The van der Waals surface area contributed by atoms with Crippen molar-refractivity contribution in [2.24, 2.45) is 0 Å². The second-order valence-electron chi connectivity index (χ2n) is 5.65. The van der Waals surface area contributed by atoms with Crippen LogP contribution in [0.4, 0.5) is 5.69 Å². The minimum absolute atomic E-state index is 0.761. The van der Waals surface area contributed by atoms with Crippen molar-refractivity contribution in [1.82, 2.24) is 14.8 Å². The van der Waals surface area contributed by atoms with Crippen LogP contribution in [0.25, 0.3) is 0 Å². The third-order valence-electron chi connectivity index (χ3n) is 4.36. The molecule has 4 nitrogen and oxygen atoms in total. The fraction of sp³-hybridized carbons (Fsp3) is 0.529. The molecule has 1 aliphatic rings. The van der Waals surface area contributed by atoms with Gasteiger partial charge in [-0.15, -0.1) is 10.2 Å². The van der Waals surface area contributed by atoms with Crippen LogP contribution >= 0.6 is 0 Å². The number of aryl methyl sites for hydroxylation is 3. The SMILES string of the molecule is CCc1cccc(CC)c1NCc1nnc2n1CCCC2. The summed E-state index contributed by atoms with van der Waals surface area (Å²) < 4.78 is 2.29. The summed E-state index contributed by atoms with van der Waals surface area (Å²) in [5, 5.41) is 12.3. The summed E-state index contributed by atoms with van der Waals surface area (Å²) in [7, 11) is 0. The quantitative estimate of drug-likeness (QED) is 0.915. The summed E-state index contributed by atoms with van der Waals surface area (Å²) in [4.78, 5) is 0. The van der Waals surface area contributed by atoms with Gasteiger partial charge in [0.15, 0.2) is 5.82 Å². The molecule has 1 aliphatic heterocycles. The summed E-state index contributed by atoms with van der Waals surface area (Å²) in [6.45, 7) is 6.24. The number of para-hydroxylation sites is 1.